The molecule has 1 aromatic heterocycles. The number of halogens is 5. The van der Waals surface area contributed by atoms with Crippen molar-refractivity contribution in [3.05, 3.63) is 101 Å². The highest BCUT2D eigenvalue weighted by Gasteiger charge is 2.32. The molecule has 0 N–H and O–H groups in total. The van der Waals surface area contributed by atoms with Crippen molar-refractivity contribution in [2.24, 2.45) is 0 Å². The van der Waals surface area contributed by atoms with Crippen LogP contribution in [0.15, 0.2) is 72.8 Å². The first-order chi connectivity index (χ1) is 19.1. The number of methoxy groups -OCH3 is 1. The van der Waals surface area contributed by atoms with Crippen molar-refractivity contribution in [1.82, 2.24) is 9.47 Å². The molecule has 1 fully saturated rings. The highest BCUT2D eigenvalue weighted by molar-refractivity contribution is 5.97. The zero-order chi connectivity index (χ0) is 28.6. The van der Waals surface area contributed by atoms with Crippen molar-refractivity contribution < 1.29 is 31.5 Å². The van der Waals surface area contributed by atoms with Crippen molar-refractivity contribution in [2.45, 2.75) is 13.1 Å². The van der Waals surface area contributed by atoms with Gasteiger partial charge in [-0.15, -0.1) is 0 Å². The topological polar surface area (TPSA) is 37.7 Å². The fraction of sp³-hybridized carbons (Fsp3) is 0.233. The molecular formula is C30H26F5N3O2. The molecule has 5 rings (SSSR count). The minimum Gasteiger partial charge on any atom is -0.497 e. The van der Waals surface area contributed by atoms with E-state index in [9.17, 15) is 26.7 Å². The summed E-state index contributed by atoms with van der Waals surface area (Å²) in [5, 5.41) is 0. The standard InChI is InChI=1S/C30H26F5N3O2/c1-19-25(29(39)37-14-12-36(13-15-37)23-5-3-4-21(16-23)30(33,34)35)18-28(20-6-9-24(40-2)10-7-20)38(19)27-11-8-22(31)17-26(27)32/h3-11,16-18H,12-15H2,1-2H3. The van der Waals surface area contributed by atoms with Gasteiger partial charge in [0.15, 0.2) is 0 Å². The maximum absolute atomic E-state index is 14.9. The molecule has 208 valence electrons. The lowest BCUT2D eigenvalue weighted by Crippen LogP contribution is -2.49. The van der Waals surface area contributed by atoms with E-state index in [1.54, 1.807) is 59.9 Å². The number of amides is 1. The fourth-order valence-electron chi connectivity index (χ4n) is 4.99. The van der Waals surface area contributed by atoms with Gasteiger partial charge in [-0.2, -0.15) is 13.2 Å². The van der Waals surface area contributed by atoms with Crippen molar-refractivity contribution in [3.8, 4) is 22.7 Å². The third-order valence-electron chi connectivity index (χ3n) is 7.12. The lowest BCUT2D eigenvalue weighted by atomic mass is 10.1. The molecule has 40 heavy (non-hydrogen) atoms. The number of alkyl halides is 3. The van der Waals surface area contributed by atoms with Crippen LogP contribution in [0.3, 0.4) is 0 Å². The van der Waals surface area contributed by atoms with E-state index in [0.29, 0.717) is 60.1 Å². The number of ether oxygens (including phenoxy) is 1. The van der Waals surface area contributed by atoms with Gasteiger partial charge in [0.2, 0.25) is 0 Å². The number of carbonyl (C=O) groups is 1. The van der Waals surface area contributed by atoms with E-state index in [-0.39, 0.29) is 11.6 Å². The molecule has 5 nitrogen and oxygen atoms in total. The fourth-order valence-corrected chi connectivity index (χ4v) is 4.99. The summed E-state index contributed by atoms with van der Waals surface area (Å²) in [5.74, 6) is -1.15. The van der Waals surface area contributed by atoms with Gasteiger partial charge >= 0.3 is 6.18 Å². The Kier molecular flexibility index (Phi) is 7.27. The van der Waals surface area contributed by atoms with Crippen LogP contribution in [-0.2, 0) is 6.18 Å². The van der Waals surface area contributed by atoms with Crippen LogP contribution in [0.1, 0.15) is 21.6 Å². The van der Waals surface area contributed by atoms with Crippen LogP contribution in [0, 0.1) is 18.6 Å². The van der Waals surface area contributed by atoms with Crippen LogP contribution in [-0.4, -0.2) is 48.7 Å². The van der Waals surface area contributed by atoms with Crippen molar-refractivity contribution >= 4 is 11.6 Å². The molecule has 0 spiro atoms. The minimum atomic E-state index is -4.44. The van der Waals surface area contributed by atoms with Gasteiger partial charge in [0.25, 0.3) is 5.91 Å². The van der Waals surface area contributed by atoms with Crippen LogP contribution in [0.4, 0.5) is 27.6 Å². The Morgan fingerprint density at radius 2 is 1.57 bits per heavy atom. The molecule has 1 aliphatic heterocycles. The smallest absolute Gasteiger partial charge is 0.416 e. The Bertz CT molecular complexity index is 1540. The third kappa shape index (κ3) is 5.25. The second kappa shape index (κ2) is 10.7. The minimum absolute atomic E-state index is 0.0955. The molecule has 10 heteroatoms. The first-order valence-corrected chi connectivity index (χ1v) is 12.6. The Hall–Kier alpha value is -4.34. The van der Waals surface area contributed by atoms with Crippen molar-refractivity contribution in [1.29, 1.82) is 0 Å². The predicted octanol–water partition coefficient (Wildman–Crippen LogP) is 6.72. The lowest BCUT2D eigenvalue weighted by molar-refractivity contribution is -0.137. The molecule has 0 atom stereocenters. The highest BCUT2D eigenvalue weighted by atomic mass is 19.4. The van der Waals surface area contributed by atoms with E-state index in [1.165, 1.54) is 12.1 Å². The van der Waals surface area contributed by atoms with Crippen molar-refractivity contribution in [3.63, 3.8) is 0 Å². The van der Waals surface area contributed by atoms with Gasteiger partial charge in [-0.05, 0) is 73.2 Å². The molecule has 1 aliphatic rings. The van der Waals surface area contributed by atoms with Gasteiger partial charge in [0.05, 0.1) is 29.6 Å². The number of rotatable bonds is 5. The Morgan fingerprint density at radius 3 is 2.20 bits per heavy atom. The molecular weight excluding hydrogens is 529 g/mol. The lowest BCUT2D eigenvalue weighted by Gasteiger charge is -2.36. The Balaban J connectivity index is 1.45. The van der Waals surface area contributed by atoms with E-state index < -0.39 is 23.4 Å². The summed E-state index contributed by atoms with van der Waals surface area (Å²) >= 11 is 0. The summed E-state index contributed by atoms with van der Waals surface area (Å²) in [4.78, 5) is 17.1. The molecule has 1 amide bonds. The molecule has 0 saturated carbocycles. The van der Waals surface area contributed by atoms with E-state index in [4.69, 9.17) is 4.74 Å². The largest absolute Gasteiger partial charge is 0.497 e. The van der Waals surface area contributed by atoms with Gasteiger partial charge in [-0.3, -0.25) is 4.79 Å². The van der Waals surface area contributed by atoms with Crippen LogP contribution in [0.5, 0.6) is 5.75 Å². The first-order valence-electron chi connectivity index (χ1n) is 12.6. The summed E-state index contributed by atoms with van der Waals surface area (Å²) in [7, 11) is 1.54. The van der Waals surface area contributed by atoms with Gasteiger partial charge in [-0.25, -0.2) is 8.78 Å². The number of benzene rings is 3. The number of nitrogens with zero attached hydrogens (tertiary/aromatic N) is 3. The zero-order valence-electron chi connectivity index (χ0n) is 21.8. The average molecular weight is 556 g/mol. The number of piperazine rings is 1. The van der Waals surface area contributed by atoms with E-state index in [2.05, 4.69) is 0 Å². The SMILES string of the molecule is COc1ccc(-c2cc(C(=O)N3CCN(c4cccc(C(F)(F)F)c4)CC3)c(C)n2-c2ccc(F)cc2F)cc1. The quantitative estimate of drug-likeness (QED) is 0.257. The van der Waals surface area contributed by atoms with Crippen LogP contribution >= 0.6 is 0 Å². The zero-order valence-corrected chi connectivity index (χ0v) is 21.8. The number of hydrogen-bond acceptors (Lipinski definition) is 3. The normalized spacial score (nSPS) is 14.0. The van der Waals surface area contributed by atoms with E-state index >= 15 is 0 Å². The summed E-state index contributed by atoms with van der Waals surface area (Å²) < 4.78 is 75.0. The predicted molar refractivity (Wildman–Crippen MR) is 142 cm³/mol. The number of carbonyl (C=O) groups excluding carboxylic acids is 1. The van der Waals surface area contributed by atoms with Crippen LogP contribution in [0.2, 0.25) is 0 Å². The maximum Gasteiger partial charge on any atom is 0.416 e. The summed E-state index contributed by atoms with van der Waals surface area (Å²) in [6.07, 6.45) is -4.44. The molecule has 0 aliphatic carbocycles. The molecule has 2 heterocycles. The van der Waals surface area contributed by atoms with Gasteiger partial charge in [0.1, 0.15) is 17.4 Å². The highest BCUT2D eigenvalue weighted by Crippen LogP contribution is 2.34. The van der Waals surface area contributed by atoms with Gasteiger partial charge in [0, 0.05) is 43.6 Å². The molecule has 0 radical (unpaired) electrons. The number of anilines is 1. The van der Waals surface area contributed by atoms with Crippen molar-refractivity contribution in [2.75, 3.05) is 38.2 Å². The van der Waals surface area contributed by atoms with Crippen LogP contribution in [0.25, 0.3) is 16.9 Å². The third-order valence-corrected chi connectivity index (χ3v) is 7.12. The van der Waals surface area contributed by atoms with E-state index in [0.717, 1.165) is 24.3 Å². The summed E-state index contributed by atoms with van der Waals surface area (Å²) in [6, 6.07) is 17.2. The summed E-state index contributed by atoms with van der Waals surface area (Å²) in [6.45, 7) is 2.99. The molecule has 0 unspecified atom stereocenters. The second-order valence-corrected chi connectivity index (χ2v) is 9.52. The Morgan fingerprint density at radius 1 is 0.875 bits per heavy atom. The van der Waals surface area contributed by atoms with Gasteiger partial charge in [-0.1, -0.05) is 6.07 Å². The summed E-state index contributed by atoms with van der Waals surface area (Å²) in [5.41, 5.74) is 1.87. The molecule has 1 saturated heterocycles. The second-order valence-electron chi connectivity index (χ2n) is 9.52. The van der Waals surface area contributed by atoms with Crippen LogP contribution < -0.4 is 9.64 Å². The molecule has 4 aromatic rings. The molecule has 3 aromatic carbocycles. The first kappa shape index (κ1) is 27.2. The monoisotopic (exact) mass is 555 g/mol. The Labute approximate surface area is 228 Å². The van der Waals surface area contributed by atoms with E-state index in [1.807, 2.05) is 4.90 Å². The average Bonchev–Trinajstić information content (AvgIpc) is 3.29. The number of hydrogen-bond donors (Lipinski definition) is 0. The van der Waals surface area contributed by atoms with Gasteiger partial charge < -0.3 is 19.1 Å². The maximum atomic E-state index is 14.9. The number of aromatic nitrogens is 1. The molecule has 0 bridgehead atoms.